The van der Waals surface area contributed by atoms with Crippen LogP contribution in [-0.2, 0) is 11.2 Å². The van der Waals surface area contributed by atoms with Crippen LogP contribution in [0.1, 0.15) is 31.7 Å². The third-order valence-electron chi connectivity index (χ3n) is 4.43. The second-order valence-electron chi connectivity index (χ2n) is 5.98. The molecule has 1 aromatic carbocycles. The van der Waals surface area contributed by atoms with E-state index in [-0.39, 0.29) is 5.91 Å². The lowest BCUT2D eigenvalue weighted by atomic mass is 9.86. The molecule has 0 aliphatic carbocycles. The van der Waals surface area contributed by atoms with Crippen LogP contribution in [0.5, 0.6) is 0 Å². The van der Waals surface area contributed by atoms with Crippen LogP contribution in [0.25, 0.3) is 0 Å². The van der Waals surface area contributed by atoms with Gasteiger partial charge in [-0.1, -0.05) is 37.3 Å². The van der Waals surface area contributed by atoms with Gasteiger partial charge >= 0.3 is 0 Å². The summed E-state index contributed by atoms with van der Waals surface area (Å²) in [6, 6.07) is 9.48. The number of nitrogens with one attached hydrogen (secondary N) is 2. The first-order valence-electron chi connectivity index (χ1n) is 7.93. The van der Waals surface area contributed by atoms with E-state index in [2.05, 4.69) is 22.8 Å². The van der Waals surface area contributed by atoms with Crippen molar-refractivity contribution in [1.82, 2.24) is 10.6 Å². The lowest BCUT2D eigenvalue weighted by Gasteiger charge is -2.34. The number of aliphatic hydroxyl groups is 1. The molecule has 5 heteroatoms. The van der Waals surface area contributed by atoms with Crippen LogP contribution in [0.4, 0.5) is 4.39 Å². The van der Waals surface area contributed by atoms with Gasteiger partial charge in [-0.25, -0.2) is 4.39 Å². The molecule has 4 nitrogen and oxygen atoms in total. The Labute approximate surface area is 131 Å². The molecule has 0 bridgehead atoms. The van der Waals surface area contributed by atoms with Crippen molar-refractivity contribution < 1.29 is 14.3 Å². The fraction of sp³-hybridized carbons (Fsp3) is 0.588. The van der Waals surface area contributed by atoms with Gasteiger partial charge in [0.2, 0.25) is 5.91 Å². The van der Waals surface area contributed by atoms with E-state index in [4.69, 9.17) is 0 Å². The Hall–Kier alpha value is -1.46. The summed E-state index contributed by atoms with van der Waals surface area (Å²) in [5.74, 6) is -0.111. The highest BCUT2D eigenvalue weighted by molar-refractivity contribution is 5.76. The van der Waals surface area contributed by atoms with Gasteiger partial charge in [-0.15, -0.1) is 0 Å². The number of aliphatic hydroxyl groups excluding tert-OH is 1. The maximum Gasteiger partial charge on any atom is 0.220 e. The predicted molar refractivity (Wildman–Crippen MR) is 84.3 cm³/mol. The van der Waals surface area contributed by atoms with Crippen LogP contribution < -0.4 is 10.6 Å². The molecule has 1 aromatic rings. The van der Waals surface area contributed by atoms with Gasteiger partial charge in [0.25, 0.3) is 0 Å². The first-order chi connectivity index (χ1) is 10.6. The molecule has 1 amide bonds. The summed E-state index contributed by atoms with van der Waals surface area (Å²) in [7, 11) is 0. The van der Waals surface area contributed by atoms with Crippen LogP contribution >= 0.6 is 0 Å². The SMILES string of the molecule is CCC(=O)N[C@@]1(CCCc2ccccc2)CN[C@@H](CF)[C@H]1O. The fourth-order valence-electron chi connectivity index (χ4n) is 3.09. The largest absolute Gasteiger partial charge is 0.389 e. The number of carbonyl (C=O) groups is 1. The maximum atomic E-state index is 13.0. The minimum Gasteiger partial charge on any atom is -0.389 e. The molecule has 0 radical (unpaired) electrons. The van der Waals surface area contributed by atoms with Crippen molar-refractivity contribution in [2.24, 2.45) is 0 Å². The first-order valence-corrected chi connectivity index (χ1v) is 7.93. The van der Waals surface area contributed by atoms with Crippen molar-refractivity contribution in [2.45, 2.75) is 50.3 Å². The smallest absolute Gasteiger partial charge is 0.220 e. The molecule has 0 saturated carbocycles. The van der Waals surface area contributed by atoms with Gasteiger partial charge in [0.05, 0.1) is 17.7 Å². The number of hydrogen-bond donors (Lipinski definition) is 3. The second-order valence-corrected chi connectivity index (χ2v) is 5.98. The van der Waals surface area contributed by atoms with Crippen molar-refractivity contribution in [2.75, 3.05) is 13.2 Å². The van der Waals surface area contributed by atoms with Crippen molar-refractivity contribution in [3.05, 3.63) is 35.9 Å². The normalized spacial score (nSPS) is 27.8. The molecule has 0 aromatic heterocycles. The molecule has 1 aliphatic rings. The van der Waals surface area contributed by atoms with Gasteiger partial charge in [-0.2, -0.15) is 0 Å². The number of hydrogen-bond acceptors (Lipinski definition) is 3. The molecular formula is C17H25FN2O2. The highest BCUT2D eigenvalue weighted by Gasteiger charge is 2.48. The minimum absolute atomic E-state index is 0.111. The highest BCUT2D eigenvalue weighted by atomic mass is 19.1. The Balaban J connectivity index is 2.00. The zero-order valence-corrected chi connectivity index (χ0v) is 13.0. The topological polar surface area (TPSA) is 61.4 Å². The van der Waals surface area contributed by atoms with Gasteiger partial charge in [0.1, 0.15) is 6.67 Å². The van der Waals surface area contributed by atoms with E-state index >= 15 is 0 Å². The average molecular weight is 308 g/mol. The lowest BCUT2D eigenvalue weighted by Crippen LogP contribution is -2.57. The van der Waals surface area contributed by atoms with Crippen LogP contribution in [0, 0.1) is 0 Å². The van der Waals surface area contributed by atoms with E-state index in [9.17, 15) is 14.3 Å². The van der Waals surface area contributed by atoms with Gasteiger partial charge in [0.15, 0.2) is 0 Å². The number of aryl methyl sites for hydroxylation is 1. The molecule has 122 valence electrons. The van der Waals surface area contributed by atoms with Gasteiger partial charge in [-0.3, -0.25) is 4.79 Å². The molecule has 2 rings (SSSR count). The summed E-state index contributed by atoms with van der Waals surface area (Å²) in [6.07, 6.45) is 1.78. The van der Waals surface area contributed by atoms with Crippen molar-refractivity contribution in [1.29, 1.82) is 0 Å². The highest BCUT2D eigenvalue weighted by Crippen LogP contribution is 2.27. The van der Waals surface area contributed by atoms with E-state index in [1.807, 2.05) is 18.2 Å². The molecule has 3 atom stereocenters. The molecule has 0 spiro atoms. The van der Waals surface area contributed by atoms with Crippen LogP contribution in [0.2, 0.25) is 0 Å². The Morgan fingerprint density at radius 1 is 1.45 bits per heavy atom. The maximum absolute atomic E-state index is 13.0. The molecule has 3 N–H and O–H groups in total. The number of rotatable bonds is 7. The standard InChI is InChI=1S/C17H25FN2O2/c1-2-15(21)20-17(12-19-14(11-18)16(17)22)10-6-9-13-7-4-3-5-8-13/h3-5,7-8,14,16,19,22H,2,6,9-12H2,1H3,(H,20,21)/t14-,16+,17-/m0/s1. The second kappa shape index (κ2) is 7.70. The predicted octanol–water partition coefficient (Wildman–Crippen LogP) is 1.58. The van der Waals surface area contributed by atoms with E-state index in [1.165, 1.54) is 5.56 Å². The summed E-state index contributed by atoms with van der Waals surface area (Å²) < 4.78 is 13.0. The van der Waals surface area contributed by atoms with Crippen LogP contribution in [-0.4, -0.2) is 41.9 Å². The average Bonchev–Trinajstić information content (AvgIpc) is 2.85. The van der Waals surface area contributed by atoms with Crippen molar-refractivity contribution in [3.8, 4) is 0 Å². The van der Waals surface area contributed by atoms with E-state index in [0.717, 1.165) is 12.8 Å². The quantitative estimate of drug-likeness (QED) is 0.717. The molecular weight excluding hydrogens is 283 g/mol. The first kappa shape index (κ1) is 16.9. The Morgan fingerprint density at radius 3 is 2.77 bits per heavy atom. The molecule has 22 heavy (non-hydrogen) atoms. The Bertz CT molecular complexity index is 483. The van der Waals surface area contributed by atoms with Crippen LogP contribution in [0.15, 0.2) is 30.3 Å². The minimum atomic E-state index is -0.899. The third kappa shape index (κ3) is 3.84. The fourth-order valence-corrected chi connectivity index (χ4v) is 3.09. The molecule has 1 saturated heterocycles. The number of alkyl halides is 1. The summed E-state index contributed by atoms with van der Waals surface area (Å²) >= 11 is 0. The lowest BCUT2D eigenvalue weighted by molar-refractivity contribution is -0.124. The zero-order valence-electron chi connectivity index (χ0n) is 13.0. The Morgan fingerprint density at radius 2 is 2.18 bits per heavy atom. The summed E-state index contributed by atoms with van der Waals surface area (Å²) in [5, 5.41) is 16.3. The van der Waals surface area contributed by atoms with Gasteiger partial charge in [-0.05, 0) is 24.8 Å². The van der Waals surface area contributed by atoms with Gasteiger partial charge < -0.3 is 15.7 Å². The van der Waals surface area contributed by atoms with E-state index in [0.29, 0.717) is 19.4 Å². The number of amides is 1. The number of halogens is 1. The molecule has 1 heterocycles. The summed E-state index contributed by atoms with van der Waals surface area (Å²) in [6.45, 7) is 1.54. The zero-order chi connectivity index (χ0) is 16.0. The van der Waals surface area contributed by atoms with Crippen molar-refractivity contribution >= 4 is 5.91 Å². The summed E-state index contributed by atoms with van der Waals surface area (Å²) in [5.41, 5.74) is 0.459. The van der Waals surface area contributed by atoms with E-state index < -0.39 is 24.4 Å². The molecule has 0 unspecified atom stereocenters. The van der Waals surface area contributed by atoms with Crippen LogP contribution in [0.3, 0.4) is 0 Å². The number of carbonyl (C=O) groups excluding carboxylic acids is 1. The number of benzene rings is 1. The summed E-state index contributed by atoms with van der Waals surface area (Å²) in [4.78, 5) is 11.8. The Kier molecular flexibility index (Phi) is 5.91. The third-order valence-corrected chi connectivity index (χ3v) is 4.43. The van der Waals surface area contributed by atoms with E-state index in [1.54, 1.807) is 6.92 Å². The monoisotopic (exact) mass is 308 g/mol. The molecule has 1 fully saturated rings. The van der Waals surface area contributed by atoms with Crippen molar-refractivity contribution in [3.63, 3.8) is 0 Å². The molecule has 1 aliphatic heterocycles. The van der Waals surface area contributed by atoms with Gasteiger partial charge in [0, 0.05) is 13.0 Å².